The molecule has 0 amide bonds. The summed E-state index contributed by atoms with van der Waals surface area (Å²) in [5, 5.41) is 50.4. The first kappa shape index (κ1) is 27.9. The van der Waals surface area contributed by atoms with Crippen molar-refractivity contribution in [1.29, 1.82) is 0 Å². The molecule has 0 saturated heterocycles. The Labute approximate surface area is 243 Å². The van der Waals surface area contributed by atoms with E-state index >= 15 is 0 Å². The molecule has 3 aliphatic rings. The number of hydrogen-bond donors (Lipinski definition) is 5. The maximum Gasteiger partial charge on any atom is 0.202 e. The summed E-state index contributed by atoms with van der Waals surface area (Å²) in [5.74, 6) is -5.48. The van der Waals surface area contributed by atoms with Crippen molar-refractivity contribution in [2.24, 2.45) is 11.8 Å². The first-order valence-corrected chi connectivity index (χ1v) is 14.2. The van der Waals surface area contributed by atoms with Gasteiger partial charge in [-0.2, -0.15) is 0 Å². The summed E-state index contributed by atoms with van der Waals surface area (Å²) in [6.07, 6.45) is 0.111. The van der Waals surface area contributed by atoms with Crippen molar-refractivity contribution in [1.82, 2.24) is 5.32 Å². The summed E-state index contributed by atoms with van der Waals surface area (Å²) in [6.45, 7) is 5.97. The Bertz CT molecular complexity index is 1760. The zero-order chi connectivity index (χ0) is 30.1. The quantitative estimate of drug-likeness (QED) is 0.276. The largest absolute Gasteiger partial charge is 0.508 e. The van der Waals surface area contributed by atoms with E-state index in [0.717, 1.165) is 34.4 Å². The fourth-order valence-corrected chi connectivity index (χ4v) is 7.05. The lowest BCUT2D eigenvalue weighted by Gasteiger charge is -2.46. The van der Waals surface area contributed by atoms with Crippen molar-refractivity contribution in [3.05, 3.63) is 82.1 Å². The number of ketones is 3. The Kier molecular flexibility index (Phi) is 6.59. The van der Waals surface area contributed by atoms with E-state index in [1.165, 1.54) is 6.07 Å². The highest BCUT2D eigenvalue weighted by atomic mass is 16.3. The van der Waals surface area contributed by atoms with Crippen LogP contribution in [0.5, 0.6) is 5.75 Å². The number of fused-ring (bicyclic) bond motifs is 4. The summed E-state index contributed by atoms with van der Waals surface area (Å²) in [4.78, 5) is 38.7. The molecule has 6 rings (SSSR count). The fraction of sp³-hybridized carbons (Fsp3) is 0.324. The Balaban J connectivity index is 1.52. The van der Waals surface area contributed by atoms with Crippen LogP contribution in [0.4, 0.5) is 0 Å². The molecule has 0 bridgehead atoms. The van der Waals surface area contributed by atoms with Gasteiger partial charge in [-0.25, -0.2) is 0 Å². The van der Waals surface area contributed by atoms with Crippen LogP contribution in [0.2, 0.25) is 0 Å². The lowest BCUT2D eigenvalue weighted by Crippen LogP contribution is -2.57. The molecular weight excluding hydrogens is 534 g/mol. The number of Topliss-reactive ketones (excluding diaryl/α,β-unsaturated/α-hetero) is 3. The molecule has 8 heteroatoms. The van der Waals surface area contributed by atoms with Gasteiger partial charge in [-0.3, -0.25) is 14.4 Å². The zero-order valence-electron chi connectivity index (χ0n) is 23.7. The van der Waals surface area contributed by atoms with Crippen molar-refractivity contribution >= 4 is 33.9 Å². The van der Waals surface area contributed by atoms with Crippen LogP contribution >= 0.6 is 0 Å². The molecule has 0 aromatic heterocycles. The summed E-state index contributed by atoms with van der Waals surface area (Å²) in [6, 6.07) is 15.7. The van der Waals surface area contributed by atoms with Gasteiger partial charge in [-0.15, -0.1) is 0 Å². The van der Waals surface area contributed by atoms with Crippen LogP contribution in [-0.4, -0.2) is 49.4 Å². The maximum atomic E-state index is 13.8. The summed E-state index contributed by atoms with van der Waals surface area (Å²) < 4.78 is 0. The van der Waals surface area contributed by atoms with E-state index in [1.54, 1.807) is 6.07 Å². The number of rotatable bonds is 5. The molecule has 3 aromatic carbocycles. The molecule has 0 heterocycles. The minimum Gasteiger partial charge on any atom is -0.508 e. The van der Waals surface area contributed by atoms with Crippen LogP contribution < -0.4 is 5.32 Å². The number of benzene rings is 3. The van der Waals surface area contributed by atoms with Crippen LogP contribution in [-0.2, 0) is 27.3 Å². The minimum absolute atomic E-state index is 0.103. The molecule has 3 atom stereocenters. The van der Waals surface area contributed by atoms with Crippen LogP contribution in [0.15, 0.2) is 65.4 Å². The van der Waals surface area contributed by atoms with Crippen LogP contribution in [0.3, 0.4) is 0 Å². The highest BCUT2D eigenvalue weighted by Gasteiger charge is 2.60. The second kappa shape index (κ2) is 9.93. The number of aromatic hydroxyl groups is 1. The second-order valence-electron chi connectivity index (χ2n) is 11.9. The molecule has 0 aliphatic heterocycles. The van der Waals surface area contributed by atoms with Crippen molar-refractivity contribution in [3.8, 4) is 16.9 Å². The van der Waals surface area contributed by atoms with E-state index in [9.17, 15) is 34.8 Å². The normalized spacial score (nSPS) is 23.7. The van der Waals surface area contributed by atoms with E-state index in [1.807, 2.05) is 24.3 Å². The monoisotopic (exact) mass is 567 g/mol. The minimum atomic E-state index is -2.50. The standard InChI is InChI=1S/C34H33NO7/c1-16(2)35-15-18-8-9-23(22-7-5-4-6-21(18)22)24-10-11-26(37)30-25(24)13-19-12-20-14-27(38)28(17(3)36)32(40)34(20,42)33(41)29(19)31(30)39/h4-11,16,19-20,35,37,39-40,42H,12-15H2,1-3H3/t19-,20+,34-/m1/s1. The SMILES string of the molecule is CC(=O)C1=C(O)[C@@]2(O)C(=O)C3=C(O)c4c(O)ccc(-c5ccc(CNC(C)C)c6ccccc56)c4C[C@H]3C[C@H]2CC1=O. The Hall–Kier alpha value is -4.27. The molecule has 0 radical (unpaired) electrons. The number of allylic oxidation sites excluding steroid dienone is 1. The van der Waals surface area contributed by atoms with Gasteiger partial charge in [0.05, 0.1) is 5.56 Å². The summed E-state index contributed by atoms with van der Waals surface area (Å²) in [7, 11) is 0. The summed E-state index contributed by atoms with van der Waals surface area (Å²) >= 11 is 0. The van der Waals surface area contributed by atoms with E-state index in [-0.39, 0.29) is 36.1 Å². The third-order valence-corrected chi connectivity index (χ3v) is 9.06. The van der Waals surface area contributed by atoms with Gasteiger partial charge in [-0.1, -0.05) is 56.3 Å². The molecule has 5 N–H and O–H groups in total. The number of hydrogen-bond acceptors (Lipinski definition) is 8. The van der Waals surface area contributed by atoms with Crippen molar-refractivity contribution in [2.75, 3.05) is 0 Å². The van der Waals surface area contributed by atoms with Crippen LogP contribution in [0.25, 0.3) is 27.7 Å². The number of phenols is 1. The molecule has 3 aromatic rings. The molecular formula is C34H33NO7. The first-order chi connectivity index (χ1) is 19.9. The number of carbonyl (C=O) groups is 3. The molecule has 0 spiro atoms. The average molecular weight is 568 g/mol. The van der Waals surface area contributed by atoms with Crippen molar-refractivity contribution < 1.29 is 34.8 Å². The number of carbonyl (C=O) groups excluding carboxylic acids is 3. The van der Waals surface area contributed by atoms with Crippen LogP contribution in [0, 0.1) is 11.8 Å². The van der Waals surface area contributed by atoms with Gasteiger partial charge < -0.3 is 25.7 Å². The van der Waals surface area contributed by atoms with E-state index in [2.05, 4.69) is 31.3 Å². The number of phenolic OH excluding ortho intramolecular Hbond substituents is 1. The lowest BCUT2D eigenvalue weighted by molar-refractivity contribution is -0.147. The molecule has 216 valence electrons. The van der Waals surface area contributed by atoms with Gasteiger partial charge in [0, 0.05) is 30.5 Å². The van der Waals surface area contributed by atoms with Gasteiger partial charge >= 0.3 is 0 Å². The Morgan fingerprint density at radius 2 is 1.67 bits per heavy atom. The molecule has 0 unspecified atom stereocenters. The van der Waals surface area contributed by atoms with Gasteiger partial charge in [0.2, 0.25) is 5.78 Å². The van der Waals surface area contributed by atoms with E-state index in [0.29, 0.717) is 18.2 Å². The topological polar surface area (TPSA) is 144 Å². The number of aliphatic hydroxyl groups excluding tert-OH is 2. The summed E-state index contributed by atoms with van der Waals surface area (Å²) in [5.41, 5.74) is 0.397. The smallest absolute Gasteiger partial charge is 0.202 e. The molecule has 8 nitrogen and oxygen atoms in total. The lowest BCUT2D eigenvalue weighted by atomic mass is 9.59. The molecule has 3 aliphatic carbocycles. The van der Waals surface area contributed by atoms with Crippen molar-refractivity contribution in [2.45, 2.75) is 58.2 Å². The first-order valence-electron chi connectivity index (χ1n) is 14.2. The maximum absolute atomic E-state index is 13.8. The predicted octanol–water partition coefficient (Wildman–Crippen LogP) is 4.85. The predicted molar refractivity (Wildman–Crippen MR) is 158 cm³/mol. The third kappa shape index (κ3) is 4.01. The average Bonchev–Trinajstić information content (AvgIpc) is 2.93. The van der Waals surface area contributed by atoms with E-state index < -0.39 is 51.9 Å². The molecule has 1 saturated carbocycles. The van der Waals surface area contributed by atoms with Crippen LogP contribution in [0.1, 0.15) is 50.3 Å². The fourth-order valence-electron chi connectivity index (χ4n) is 7.05. The number of nitrogens with one attached hydrogen (secondary N) is 1. The molecule has 1 fully saturated rings. The Morgan fingerprint density at radius 1 is 0.976 bits per heavy atom. The van der Waals surface area contributed by atoms with Gasteiger partial charge in [-0.05, 0) is 64.8 Å². The third-order valence-electron chi connectivity index (χ3n) is 9.06. The number of aliphatic hydroxyl groups is 3. The Morgan fingerprint density at radius 3 is 2.36 bits per heavy atom. The van der Waals surface area contributed by atoms with Gasteiger partial charge in [0.1, 0.15) is 22.8 Å². The molecule has 42 heavy (non-hydrogen) atoms. The highest BCUT2D eigenvalue weighted by Crippen LogP contribution is 2.53. The second-order valence-corrected chi connectivity index (χ2v) is 11.9. The van der Waals surface area contributed by atoms with E-state index in [4.69, 9.17) is 0 Å². The van der Waals surface area contributed by atoms with Gasteiger partial charge in [0.25, 0.3) is 0 Å². The van der Waals surface area contributed by atoms with Gasteiger partial charge in [0.15, 0.2) is 17.2 Å². The zero-order valence-corrected chi connectivity index (χ0v) is 23.7. The highest BCUT2D eigenvalue weighted by molar-refractivity contribution is 6.23. The van der Waals surface area contributed by atoms with Crippen molar-refractivity contribution in [3.63, 3.8) is 0 Å².